The van der Waals surface area contributed by atoms with Crippen LogP contribution in [0.3, 0.4) is 0 Å². The molecule has 5 heteroatoms. The predicted octanol–water partition coefficient (Wildman–Crippen LogP) is 2.49. The van der Waals surface area contributed by atoms with Gasteiger partial charge in [0.2, 0.25) is 0 Å². The van der Waals surface area contributed by atoms with Crippen LogP contribution < -0.4 is 4.74 Å². The summed E-state index contributed by atoms with van der Waals surface area (Å²) < 4.78 is 5.10. The maximum atomic E-state index is 10.5. The predicted molar refractivity (Wildman–Crippen MR) is 72.0 cm³/mol. The molecule has 2 N–H and O–H groups in total. The zero-order valence-electron chi connectivity index (χ0n) is 10.7. The van der Waals surface area contributed by atoms with Crippen molar-refractivity contribution in [2.24, 2.45) is 0 Å². The van der Waals surface area contributed by atoms with Gasteiger partial charge in [0.1, 0.15) is 11.6 Å². The zero-order chi connectivity index (χ0) is 13.8. The first-order valence-corrected chi connectivity index (χ1v) is 5.72. The van der Waals surface area contributed by atoms with Crippen LogP contribution in [0.1, 0.15) is 11.5 Å². The number of aliphatic carboxylic acids is 1. The van der Waals surface area contributed by atoms with Crippen molar-refractivity contribution in [2.75, 3.05) is 7.11 Å². The molecule has 0 saturated heterocycles. The molecule has 19 heavy (non-hydrogen) atoms. The van der Waals surface area contributed by atoms with Gasteiger partial charge in [0.25, 0.3) is 0 Å². The number of carboxylic acid groups (broad SMARTS) is 1. The number of methoxy groups -OCH3 is 1. The van der Waals surface area contributed by atoms with Crippen LogP contribution in [0.2, 0.25) is 0 Å². The summed E-state index contributed by atoms with van der Waals surface area (Å²) in [4.78, 5) is 17.9. The number of aromatic amines is 1. The highest BCUT2D eigenvalue weighted by molar-refractivity contribution is 5.84. The Labute approximate surface area is 110 Å². The van der Waals surface area contributed by atoms with E-state index in [4.69, 9.17) is 9.84 Å². The number of hydrogen-bond acceptors (Lipinski definition) is 3. The highest BCUT2D eigenvalue weighted by Gasteiger charge is 2.07. The van der Waals surface area contributed by atoms with Crippen LogP contribution in [-0.2, 0) is 4.79 Å². The van der Waals surface area contributed by atoms with E-state index in [2.05, 4.69) is 9.97 Å². The number of aryl methyl sites for hydroxylation is 1. The quantitative estimate of drug-likeness (QED) is 0.826. The second kappa shape index (κ2) is 5.39. The van der Waals surface area contributed by atoms with Gasteiger partial charge in [0.15, 0.2) is 0 Å². The molecule has 0 aliphatic heterocycles. The molecule has 0 bridgehead atoms. The standard InChI is InChI=1S/C14H14N2O3/c1-9-14(10-3-5-11(19-2)6-4-10)16-12(15-9)7-8-13(17)18/h3-8H,1-2H3,(H,15,16)(H,17,18)/b8-7+. The van der Waals surface area contributed by atoms with E-state index < -0.39 is 5.97 Å². The van der Waals surface area contributed by atoms with E-state index in [0.29, 0.717) is 5.82 Å². The number of aromatic nitrogens is 2. The molecule has 1 heterocycles. The zero-order valence-corrected chi connectivity index (χ0v) is 10.7. The van der Waals surface area contributed by atoms with Crippen LogP contribution in [0, 0.1) is 6.92 Å². The third-order valence-corrected chi connectivity index (χ3v) is 2.65. The summed E-state index contributed by atoms with van der Waals surface area (Å²) in [5.41, 5.74) is 2.63. The number of hydrogen-bond donors (Lipinski definition) is 2. The van der Waals surface area contributed by atoms with Gasteiger partial charge in [0, 0.05) is 17.3 Å². The summed E-state index contributed by atoms with van der Waals surface area (Å²) in [5.74, 6) is 0.300. The summed E-state index contributed by atoms with van der Waals surface area (Å²) in [5, 5.41) is 8.58. The fourth-order valence-corrected chi connectivity index (χ4v) is 1.74. The molecule has 0 amide bonds. The molecular formula is C14H14N2O3. The average Bonchev–Trinajstić information content (AvgIpc) is 2.78. The van der Waals surface area contributed by atoms with Crippen molar-refractivity contribution < 1.29 is 14.6 Å². The van der Waals surface area contributed by atoms with E-state index in [1.54, 1.807) is 7.11 Å². The molecule has 0 aliphatic rings. The molecule has 0 radical (unpaired) electrons. The molecule has 0 aliphatic carbocycles. The van der Waals surface area contributed by atoms with Crippen LogP contribution >= 0.6 is 0 Å². The minimum atomic E-state index is -1.000. The number of nitrogens with one attached hydrogen (secondary N) is 1. The number of benzene rings is 1. The fraction of sp³-hybridized carbons (Fsp3) is 0.143. The number of imidazole rings is 1. The van der Waals surface area contributed by atoms with Gasteiger partial charge in [0.05, 0.1) is 12.8 Å². The number of ether oxygens (including phenoxy) is 1. The van der Waals surface area contributed by atoms with Crippen LogP contribution in [0.15, 0.2) is 30.3 Å². The van der Waals surface area contributed by atoms with E-state index in [0.717, 1.165) is 28.8 Å². The minimum absolute atomic E-state index is 0.519. The van der Waals surface area contributed by atoms with Crippen molar-refractivity contribution in [3.63, 3.8) is 0 Å². The smallest absolute Gasteiger partial charge is 0.328 e. The Hall–Kier alpha value is -2.56. The Morgan fingerprint density at radius 3 is 2.63 bits per heavy atom. The number of nitrogens with zero attached hydrogens (tertiary/aromatic N) is 1. The maximum absolute atomic E-state index is 10.5. The minimum Gasteiger partial charge on any atom is -0.497 e. The molecule has 0 spiro atoms. The molecule has 2 aromatic rings. The fourth-order valence-electron chi connectivity index (χ4n) is 1.74. The van der Waals surface area contributed by atoms with Crippen molar-refractivity contribution in [3.05, 3.63) is 41.9 Å². The van der Waals surface area contributed by atoms with Crippen LogP contribution in [0.5, 0.6) is 5.75 Å². The summed E-state index contributed by atoms with van der Waals surface area (Å²) in [6, 6.07) is 7.53. The molecular weight excluding hydrogens is 244 g/mol. The van der Waals surface area contributed by atoms with Crippen molar-refractivity contribution >= 4 is 12.0 Å². The molecule has 1 aromatic carbocycles. The lowest BCUT2D eigenvalue weighted by Crippen LogP contribution is -1.86. The van der Waals surface area contributed by atoms with Crippen molar-refractivity contribution in [2.45, 2.75) is 6.92 Å². The summed E-state index contributed by atoms with van der Waals surface area (Å²) in [6.45, 7) is 1.89. The normalized spacial score (nSPS) is 10.8. The topological polar surface area (TPSA) is 75.2 Å². The molecule has 0 atom stereocenters. The second-order valence-electron chi connectivity index (χ2n) is 4.00. The third kappa shape index (κ3) is 3.01. The van der Waals surface area contributed by atoms with Gasteiger partial charge in [-0.25, -0.2) is 9.78 Å². The van der Waals surface area contributed by atoms with Crippen LogP contribution in [-0.4, -0.2) is 28.2 Å². The van der Waals surface area contributed by atoms with Gasteiger partial charge in [-0.2, -0.15) is 0 Å². The number of rotatable bonds is 4. The van der Waals surface area contributed by atoms with E-state index in [9.17, 15) is 4.79 Å². The van der Waals surface area contributed by atoms with E-state index in [1.165, 1.54) is 6.08 Å². The lowest BCUT2D eigenvalue weighted by atomic mass is 10.1. The average molecular weight is 258 g/mol. The monoisotopic (exact) mass is 258 g/mol. The van der Waals surface area contributed by atoms with Crippen molar-refractivity contribution in [1.82, 2.24) is 9.97 Å². The highest BCUT2D eigenvalue weighted by Crippen LogP contribution is 2.23. The maximum Gasteiger partial charge on any atom is 0.328 e. The molecule has 0 fully saturated rings. The Bertz CT molecular complexity index is 612. The molecule has 0 unspecified atom stereocenters. The van der Waals surface area contributed by atoms with E-state index in [-0.39, 0.29) is 0 Å². The lowest BCUT2D eigenvalue weighted by molar-refractivity contribution is -0.131. The van der Waals surface area contributed by atoms with E-state index >= 15 is 0 Å². The first kappa shape index (κ1) is 12.9. The SMILES string of the molecule is COc1ccc(-c2nc(/C=C/C(=O)O)[nH]c2C)cc1. The summed E-state index contributed by atoms with van der Waals surface area (Å²) in [7, 11) is 1.61. The summed E-state index contributed by atoms with van der Waals surface area (Å²) in [6.07, 6.45) is 2.48. The Morgan fingerprint density at radius 2 is 2.05 bits per heavy atom. The van der Waals surface area contributed by atoms with Gasteiger partial charge >= 0.3 is 5.97 Å². The van der Waals surface area contributed by atoms with Gasteiger partial charge < -0.3 is 14.8 Å². The number of carboxylic acids is 1. The molecule has 1 aromatic heterocycles. The first-order chi connectivity index (χ1) is 9.10. The van der Waals surface area contributed by atoms with Gasteiger partial charge in [-0.05, 0) is 37.3 Å². The molecule has 5 nitrogen and oxygen atoms in total. The second-order valence-corrected chi connectivity index (χ2v) is 4.00. The van der Waals surface area contributed by atoms with Crippen LogP contribution in [0.4, 0.5) is 0 Å². The molecule has 0 saturated carbocycles. The first-order valence-electron chi connectivity index (χ1n) is 5.72. The van der Waals surface area contributed by atoms with Crippen LogP contribution in [0.25, 0.3) is 17.3 Å². The molecule has 2 rings (SSSR count). The summed E-state index contributed by atoms with van der Waals surface area (Å²) >= 11 is 0. The lowest BCUT2D eigenvalue weighted by Gasteiger charge is -2.01. The van der Waals surface area contributed by atoms with Gasteiger partial charge in [-0.15, -0.1) is 0 Å². The largest absolute Gasteiger partial charge is 0.497 e. The Balaban J connectivity index is 2.31. The number of carbonyl (C=O) groups is 1. The van der Waals surface area contributed by atoms with Crippen molar-refractivity contribution in [1.29, 1.82) is 0 Å². The Morgan fingerprint density at radius 1 is 1.37 bits per heavy atom. The molecule has 98 valence electrons. The van der Waals surface area contributed by atoms with E-state index in [1.807, 2.05) is 31.2 Å². The number of H-pyrrole nitrogens is 1. The van der Waals surface area contributed by atoms with Gasteiger partial charge in [-0.3, -0.25) is 0 Å². The highest BCUT2D eigenvalue weighted by atomic mass is 16.5. The third-order valence-electron chi connectivity index (χ3n) is 2.65. The van der Waals surface area contributed by atoms with Crippen molar-refractivity contribution in [3.8, 4) is 17.0 Å². The Kier molecular flexibility index (Phi) is 3.66. The van der Waals surface area contributed by atoms with Gasteiger partial charge in [-0.1, -0.05) is 0 Å².